The van der Waals surface area contributed by atoms with E-state index in [1.807, 2.05) is 0 Å². The standard InChI is InChI=1S/C18H20F3N5O2S/c19-18(20,21)12-5-6-17(22-7-12)29-11-16(28)25-14-8-23-26(9-14)10-15(27)24-13-3-1-2-4-13/h5-9,13H,1-4,10-11H2,(H,24,27)(H,25,28). The maximum Gasteiger partial charge on any atom is 0.417 e. The predicted molar refractivity (Wildman–Crippen MR) is 101 cm³/mol. The van der Waals surface area contributed by atoms with Crippen molar-refractivity contribution in [1.29, 1.82) is 0 Å². The molecular formula is C18H20F3N5O2S. The summed E-state index contributed by atoms with van der Waals surface area (Å²) in [4.78, 5) is 27.7. The number of hydrogen-bond donors (Lipinski definition) is 2. The Balaban J connectivity index is 1.43. The normalized spacial score (nSPS) is 14.7. The Morgan fingerprint density at radius 2 is 1.93 bits per heavy atom. The van der Waals surface area contributed by atoms with Gasteiger partial charge in [-0.3, -0.25) is 14.3 Å². The number of rotatable bonds is 7. The van der Waals surface area contributed by atoms with E-state index >= 15 is 0 Å². The van der Waals surface area contributed by atoms with Crippen LogP contribution in [-0.2, 0) is 22.3 Å². The first kappa shape index (κ1) is 21.2. The second-order valence-electron chi connectivity index (χ2n) is 6.70. The number of thioether (sulfide) groups is 1. The van der Waals surface area contributed by atoms with Gasteiger partial charge in [0.25, 0.3) is 0 Å². The largest absolute Gasteiger partial charge is 0.417 e. The number of hydrogen-bond acceptors (Lipinski definition) is 5. The molecule has 0 aliphatic heterocycles. The molecule has 3 rings (SSSR count). The Morgan fingerprint density at radius 3 is 2.59 bits per heavy atom. The lowest BCUT2D eigenvalue weighted by Crippen LogP contribution is -2.35. The Hall–Kier alpha value is -2.56. The summed E-state index contributed by atoms with van der Waals surface area (Å²) in [6.07, 6.45) is 3.53. The Labute approximate surface area is 169 Å². The van der Waals surface area contributed by atoms with E-state index in [0.717, 1.165) is 49.7 Å². The molecule has 1 aliphatic carbocycles. The molecule has 0 aromatic carbocycles. The van der Waals surface area contributed by atoms with Crippen LogP contribution >= 0.6 is 11.8 Å². The van der Waals surface area contributed by atoms with Gasteiger partial charge in [-0.25, -0.2) is 4.98 Å². The minimum Gasteiger partial charge on any atom is -0.352 e. The number of anilines is 1. The number of aromatic nitrogens is 3. The van der Waals surface area contributed by atoms with Crippen molar-refractivity contribution in [3.05, 3.63) is 36.3 Å². The molecule has 0 radical (unpaired) electrons. The number of amides is 2. The maximum atomic E-state index is 12.5. The average molecular weight is 427 g/mol. The molecule has 0 spiro atoms. The van der Waals surface area contributed by atoms with Gasteiger partial charge in [0, 0.05) is 18.4 Å². The smallest absolute Gasteiger partial charge is 0.352 e. The Bertz CT molecular complexity index is 848. The first-order valence-corrected chi connectivity index (χ1v) is 10.1. The zero-order valence-corrected chi connectivity index (χ0v) is 16.2. The molecule has 2 aromatic rings. The number of pyridine rings is 1. The van der Waals surface area contributed by atoms with Gasteiger partial charge in [0.1, 0.15) is 6.54 Å². The molecule has 2 amide bonds. The summed E-state index contributed by atoms with van der Waals surface area (Å²) in [5.41, 5.74) is -0.402. The molecule has 7 nitrogen and oxygen atoms in total. The van der Waals surface area contributed by atoms with Gasteiger partial charge in [-0.2, -0.15) is 18.3 Å². The highest BCUT2D eigenvalue weighted by Gasteiger charge is 2.30. The van der Waals surface area contributed by atoms with E-state index in [1.165, 1.54) is 16.9 Å². The second-order valence-corrected chi connectivity index (χ2v) is 7.69. The summed E-state index contributed by atoms with van der Waals surface area (Å²) in [7, 11) is 0. The molecule has 0 bridgehead atoms. The summed E-state index contributed by atoms with van der Waals surface area (Å²) in [6.45, 7) is 0.0661. The van der Waals surface area contributed by atoms with E-state index < -0.39 is 11.7 Å². The predicted octanol–water partition coefficient (Wildman–Crippen LogP) is 3.09. The van der Waals surface area contributed by atoms with Gasteiger partial charge >= 0.3 is 6.18 Å². The number of nitrogens with one attached hydrogen (secondary N) is 2. The van der Waals surface area contributed by atoms with Crippen LogP contribution in [0, 0.1) is 0 Å². The van der Waals surface area contributed by atoms with E-state index in [0.29, 0.717) is 10.7 Å². The number of alkyl halides is 3. The van der Waals surface area contributed by atoms with E-state index in [1.54, 1.807) is 6.20 Å². The SMILES string of the molecule is O=C(CSc1ccc(C(F)(F)F)cn1)Nc1cnn(CC(=O)NC2CCCC2)c1. The summed E-state index contributed by atoms with van der Waals surface area (Å²) < 4.78 is 39.0. The highest BCUT2D eigenvalue weighted by atomic mass is 32.2. The van der Waals surface area contributed by atoms with Gasteiger partial charge < -0.3 is 10.6 Å². The minimum absolute atomic E-state index is 0.0221. The fourth-order valence-corrected chi connectivity index (χ4v) is 3.62. The zero-order valence-electron chi connectivity index (χ0n) is 15.4. The first-order valence-electron chi connectivity index (χ1n) is 9.07. The first-order chi connectivity index (χ1) is 13.8. The summed E-state index contributed by atoms with van der Waals surface area (Å²) in [5.74, 6) is -0.500. The highest BCUT2D eigenvalue weighted by Crippen LogP contribution is 2.29. The van der Waals surface area contributed by atoms with Gasteiger partial charge in [-0.05, 0) is 25.0 Å². The number of halogens is 3. The van der Waals surface area contributed by atoms with Crippen molar-refractivity contribution in [3.8, 4) is 0 Å². The molecule has 0 saturated heterocycles. The van der Waals surface area contributed by atoms with Crippen LogP contribution in [0.3, 0.4) is 0 Å². The molecule has 1 saturated carbocycles. The molecule has 156 valence electrons. The van der Waals surface area contributed by atoms with Crippen LogP contribution in [0.25, 0.3) is 0 Å². The van der Waals surface area contributed by atoms with Gasteiger partial charge in [0.05, 0.1) is 28.2 Å². The third-order valence-electron chi connectivity index (χ3n) is 4.36. The number of nitrogens with zero attached hydrogens (tertiary/aromatic N) is 3. The van der Waals surface area contributed by atoms with E-state index in [-0.39, 0.29) is 30.2 Å². The number of carbonyl (C=O) groups is 2. The van der Waals surface area contributed by atoms with Crippen molar-refractivity contribution in [2.24, 2.45) is 0 Å². The van der Waals surface area contributed by atoms with Crippen molar-refractivity contribution >= 4 is 29.3 Å². The fraction of sp³-hybridized carbons (Fsp3) is 0.444. The molecule has 11 heteroatoms. The third kappa shape index (κ3) is 6.48. The molecule has 0 atom stereocenters. The minimum atomic E-state index is -4.44. The van der Waals surface area contributed by atoms with Crippen LogP contribution in [0.4, 0.5) is 18.9 Å². The quantitative estimate of drug-likeness (QED) is 0.663. The Morgan fingerprint density at radius 1 is 1.17 bits per heavy atom. The van der Waals surface area contributed by atoms with Crippen molar-refractivity contribution in [2.45, 2.75) is 49.5 Å². The van der Waals surface area contributed by atoms with Gasteiger partial charge in [0.15, 0.2) is 0 Å². The van der Waals surface area contributed by atoms with E-state index in [9.17, 15) is 22.8 Å². The lowest BCUT2D eigenvalue weighted by Gasteiger charge is -2.11. The lowest BCUT2D eigenvalue weighted by molar-refractivity contribution is -0.138. The molecule has 2 aromatic heterocycles. The Kier molecular flexibility index (Phi) is 6.78. The second kappa shape index (κ2) is 9.29. The molecule has 2 heterocycles. The number of carbonyl (C=O) groups excluding carboxylic acids is 2. The van der Waals surface area contributed by atoms with Crippen LogP contribution in [-0.4, -0.2) is 38.4 Å². The topological polar surface area (TPSA) is 88.9 Å². The van der Waals surface area contributed by atoms with Crippen LogP contribution in [0.15, 0.2) is 35.7 Å². The molecule has 29 heavy (non-hydrogen) atoms. The fourth-order valence-electron chi connectivity index (χ4n) is 2.98. The summed E-state index contributed by atoms with van der Waals surface area (Å²) in [5, 5.41) is 9.96. The van der Waals surface area contributed by atoms with Crippen molar-refractivity contribution in [3.63, 3.8) is 0 Å². The van der Waals surface area contributed by atoms with E-state index in [4.69, 9.17) is 0 Å². The van der Waals surface area contributed by atoms with Gasteiger partial charge in [-0.15, -0.1) is 0 Å². The summed E-state index contributed by atoms with van der Waals surface area (Å²) >= 11 is 1.02. The molecule has 1 fully saturated rings. The van der Waals surface area contributed by atoms with Crippen molar-refractivity contribution in [1.82, 2.24) is 20.1 Å². The zero-order chi connectivity index (χ0) is 20.9. The van der Waals surface area contributed by atoms with E-state index in [2.05, 4.69) is 20.7 Å². The molecule has 1 aliphatic rings. The van der Waals surface area contributed by atoms with Crippen LogP contribution in [0.1, 0.15) is 31.2 Å². The van der Waals surface area contributed by atoms with Crippen LogP contribution in [0.2, 0.25) is 0 Å². The van der Waals surface area contributed by atoms with Gasteiger partial charge in [0.2, 0.25) is 11.8 Å². The summed E-state index contributed by atoms with van der Waals surface area (Å²) in [6, 6.07) is 2.38. The van der Waals surface area contributed by atoms with Crippen LogP contribution < -0.4 is 10.6 Å². The average Bonchev–Trinajstić information content (AvgIpc) is 3.32. The monoisotopic (exact) mass is 427 g/mol. The van der Waals surface area contributed by atoms with Crippen LogP contribution in [0.5, 0.6) is 0 Å². The third-order valence-corrected chi connectivity index (χ3v) is 5.30. The van der Waals surface area contributed by atoms with Gasteiger partial charge in [-0.1, -0.05) is 24.6 Å². The molecular weight excluding hydrogens is 407 g/mol. The molecule has 0 unspecified atom stereocenters. The maximum absolute atomic E-state index is 12.5. The van der Waals surface area contributed by atoms with Crippen molar-refractivity contribution in [2.75, 3.05) is 11.1 Å². The molecule has 2 N–H and O–H groups in total. The highest BCUT2D eigenvalue weighted by molar-refractivity contribution is 7.99. The lowest BCUT2D eigenvalue weighted by atomic mass is 10.2. The van der Waals surface area contributed by atoms with Crippen molar-refractivity contribution < 1.29 is 22.8 Å².